The van der Waals surface area contributed by atoms with E-state index < -0.39 is 0 Å². The normalized spacial score (nSPS) is 10.8. The number of amides is 1. The highest BCUT2D eigenvalue weighted by atomic mass is 35.5. The van der Waals surface area contributed by atoms with Crippen LogP contribution in [-0.2, 0) is 4.79 Å². The Kier molecular flexibility index (Phi) is 6.60. The van der Waals surface area contributed by atoms with E-state index in [1.54, 1.807) is 30.6 Å². The molecule has 0 aliphatic carbocycles. The lowest BCUT2D eigenvalue weighted by Crippen LogP contribution is -2.15. The summed E-state index contributed by atoms with van der Waals surface area (Å²) in [5.74, 6) is 1.26. The smallest absolute Gasteiger partial charge is 0.234 e. The number of nitrogens with zero attached hydrogens (tertiary/aromatic N) is 3. The number of hydrogen-bond donors (Lipinski definition) is 1. The molecular formula is C22H19ClN4O2S2. The number of aryl methyl sites for hydroxylation is 1. The summed E-state index contributed by atoms with van der Waals surface area (Å²) in [6.45, 7) is 1.88. The minimum atomic E-state index is -0.176. The molecule has 31 heavy (non-hydrogen) atoms. The molecule has 0 atom stereocenters. The molecule has 0 aliphatic rings. The van der Waals surface area contributed by atoms with Gasteiger partial charge in [0.15, 0.2) is 11.0 Å². The standard InChI is InChI=1S/C22H19ClN4O2S2/c1-14-11-17(18(29-2)12-16(14)23)24-20(28)13-31-22-26-25-21(19-9-6-10-30-19)27(22)15-7-4-3-5-8-15/h3-12H,13H2,1-2H3,(H,24,28). The summed E-state index contributed by atoms with van der Waals surface area (Å²) >= 11 is 9.07. The van der Waals surface area contributed by atoms with Crippen molar-refractivity contribution in [3.8, 4) is 22.1 Å². The molecule has 0 spiro atoms. The Morgan fingerprint density at radius 2 is 2.00 bits per heavy atom. The summed E-state index contributed by atoms with van der Waals surface area (Å²) in [6.07, 6.45) is 0. The summed E-state index contributed by atoms with van der Waals surface area (Å²) < 4.78 is 7.30. The first-order valence-electron chi connectivity index (χ1n) is 9.38. The van der Waals surface area contributed by atoms with Crippen molar-refractivity contribution in [3.05, 3.63) is 70.6 Å². The van der Waals surface area contributed by atoms with Crippen molar-refractivity contribution in [2.75, 3.05) is 18.2 Å². The molecule has 2 aromatic heterocycles. The zero-order valence-electron chi connectivity index (χ0n) is 16.8. The molecule has 0 saturated heterocycles. The Labute approximate surface area is 193 Å². The van der Waals surface area contributed by atoms with E-state index in [-0.39, 0.29) is 11.7 Å². The Bertz CT molecular complexity index is 1190. The monoisotopic (exact) mass is 470 g/mol. The molecule has 2 aromatic carbocycles. The fourth-order valence-corrected chi connectivity index (χ4v) is 4.59. The van der Waals surface area contributed by atoms with E-state index >= 15 is 0 Å². The Morgan fingerprint density at radius 1 is 1.19 bits per heavy atom. The van der Waals surface area contributed by atoms with Crippen LogP contribution in [0.3, 0.4) is 0 Å². The van der Waals surface area contributed by atoms with Crippen LogP contribution in [0, 0.1) is 6.92 Å². The van der Waals surface area contributed by atoms with Crippen LogP contribution in [0.5, 0.6) is 5.75 Å². The van der Waals surface area contributed by atoms with Crippen LogP contribution >= 0.6 is 34.7 Å². The van der Waals surface area contributed by atoms with Gasteiger partial charge in [-0.05, 0) is 42.1 Å². The summed E-state index contributed by atoms with van der Waals surface area (Å²) in [6, 6.07) is 17.3. The number of benzene rings is 2. The quantitative estimate of drug-likeness (QED) is 0.351. The molecule has 2 heterocycles. The lowest BCUT2D eigenvalue weighted by atomic mass is 10.2. The van der Waals surface area contributed by atoms with E-state index in [1.165, 1.54) is 11.8 Å². The van der Waals surface area contributed by atoms with Crippen LogP contribution < -0.4 is 10.1 Å². The molecule has 0 unspecified atom stereocenters. The van der Waals surface area contributed by atoms with Gasteiger partial charge >= 0.3 is 0 Å². The third-order valence-electron chi connectivity index (χ3n) is 4.48. The van der Waals surface area contributed by atoms with Gasteiger partial charge in [-0.2, -0.15) is 0 Å². The maximum Gasteiger partial charge on any atom is 0.234 e. The number of rotatable bonds is 7. The molecule has 0 radical (unpaired) electrons. The Morgan fingerprint density at radius 3 is 2.71 bits per heavy atom. The lowest BCUT2D eigenvalue weighted by molar-refractivity contribution is -0.113. The van der Waals surface area contributed by atoms with Gasteiger partial charge < -0.3 is 10.1 Å². The highest BCUT2D eigenvalue weighted by molar-refractivity contribution is 7.99. The molecule has 0 aliphatic heterocycles. The first kappa shape index (κ1) is 21.4. The fourth-order valence-electron chi connectivity index (χ4n) is 2.98. The number of nitrogens with one attached hydrogen (secondary N) is 1. The van der Waals surface area contributed by atoms with Gasteiger partial charge in [0.05, 0.1) is 23.4 Å². The lowest BCUT2D eigenvalue weighted by Gasteiger charge is -2.12. The molecule has 1 amide bonds. The molecule has 158 valence electrons. The van der Waals surface area contributed by atoms with Crippen molar-refractivity contribution in [3.63, 3.8) is 0 Å². The minimum Gasteiger partial charge on any atom is -0.495 e. The van der Waals surface area contributed by atoms with E-state index in [9.17, 15) is 4.79 Å². The molecule has 4 rings (SSSR count). The molecule has 4 aromatic rings. The van der Waals surface area contributed by atoms with E-state index in [2.05, 4.69) is 15.5 Å². The summed E-state index contributed by atoms with van der Waals surface area (Å²) in [5, 5.41) is 14.9. The van der Waals surface area contributed by atoms with Gasteiger partial charge in [-0.3, -0.25) is 9.36 Å². The second-order valence-electron chi connectivity index (χ2n) is 6.59. The van der Waals surface area contributed by atoms with Gasteiger partial charge in [0, 0.05) is 16.8 Å². The van der Waals surface area contributed by atoms with Gasteiger partial charge in [-0.1, -0.05) is 47.6 Å². The maximum absolute atomic E-state index is 12.7. The number of halogens is 1. The maximum atomic E-state index is 12.7. The number of thiophene rings is 1. The third kappa shape index (κ3) is 4.76. The van der Waals surface area contributed by atoms with Gasteiger partial charge in [0.25, 0.3) is 0 Å². The fraction of sp³-hybridized carbons (Fsp3) is 0.136. The second kappa shape index (κ2) is 9.55. The predicted octanol–water partition coefficient (Wildman–Crippen LogP) is 5.70. The SMILES string of the molecule is COc1cc(Cl)c(C)cc1NC(=O)CSc1nnc(-c2cccs2)n1-c1ccccc1. The van der Waals surface area contributed by atoms with Crippen LogP contribution in [-0.4, -0.2) is 33.5 Å². The summed E-state index contributed by atoms with van der Waals surface area (Å²) in [5.41, 5.74) is 2.38. The van der Waals surface area contributed by atoms with Crippen molar-refractivity contribution in [1.29, 1.82) is 0 Å². The highest BCUT2D eigenvalue weighted by Crippen LogP contribution is 2.32. The zero-order chi connectivity index (χ0) is 21.8. The van der Waals surface area contributed by atoms with Crippen molar-refractivity contribution >= 4 is 46.3 Å². The number of hydrogen-bond acceptors (Lipinski definition) is 6. The van der Waals surface area contributed by atoms with Crippen LogP contribution in [0.1, 0.15) is 5.56 Å². The first-order chi connectivity index (χ1) is 15.1. The van der Waals surface area contributed by atoms with Crippen molar-refractivity contribution < 1.29 is 9.53 Å². The highest BCUT2D eigenvalue weighted by Gasteiger charge is 2.18. The van der Waals surface area contributed by atoms with E-state index in [0.29, 0.717) is 21.6 Å². The van der Waals surface area contributed by atoms with Gasteiger partial charge in [-0.25, -0.2) is 0 Å². The Balaban J connectivity index is 1.55. The van der Waals surface area contributed by atoms with Gasteiger partial charge in [0.1, 0.15) is 5.75 Å². The van der Waals surface area contributed by atoms with Crippen LogP contribution in [0.25, 0.3) is 16.4 Å². The van der Waals surface area contributed by atoms with Crippen LogP contribution in [0.15, 0.2) is 65.1 Å². The van der Waals surface area contributed by atoms with Gasteiger partial charge in [-0.15, -0.1) is 21.5 Å². The zero-order valence-corrected chi connectivity index (χ0v) is 19.2. The second-order valence-corrected chi connectivity index (χ2v) is 8.89. The van der Waals surface area contributed by atoms with Gasteiger partial charge in [0.2, 0.25) is 5.91 Å². The number of anilines is 1. The third-order valence-corrected chi connectivity index (χ3v) is 6.68. The van der Waals surface area contributed by atoms with Crippen LogP contribution in [0.4, 0.5) is 5.69 Å². The minimum absolute atomic E-state index is 0.167. The number of carbonyl (C=O) groups is 1. The average molecular weight is 471 g/mol. The van der Waals surface area contributed by atoms with E-state index in [0.717, 1.165) is 22.0 Å². The molecule has 1 N–H and O–H groups in total. The number of ether oxygens (including phenoxy) is 1. The number of carbonyl (C=O) groups excluding carboxylic acids is 1. The summed E-state index contributed by atoms with van der Waals surface area (Å²) in [4.78, 5) is 13.7. The van der Waals surface area contributed by atoms with Crippen LogP contribution in [0.2, 0.25) is 5.02 Å². The number of methoxy groups -OCH3 is 1. The van der Waals surface area contributed by atoms with Crippen molar-refractivity contribution in [2.24, 2.45) is 0 Å². The molecular weight excluding hydrogens is 452 g/mol. The Hall–Kier alpha value is -2.81. The molecule has 0 bridgehead atoms. The molecule has 0 saturated carbocycles. The largest absolute Gasteiger partial charge is 0.495 e. The number of aromatic nitrogens is 3. The molecule has 0 fully saturated rings. The molecule has 9 heteroatoms. The first-order valence-corrected chi connectivity index (χ1v) is 11.6. The topological polar surface area (TPSA) is 69.0 Å². The van der Waals surface area contributed by atoms with E-state index in [4.69, 9.17) is 16.3 Å². The summed E-state index contributed by atoms with van der Waals surface area (Å²) in [7, 11) is 1.54. The molecule has 6 nitrogen and oxygen atoms in total. The number of para-hydroxylation sites is 1. The predicted molar refractivity (Wildman–Crippen MR) is 127 cm³/mol. The van der Waals surface area contributed by atoms with Crippen molar-refractivity contribution in [2.45, 2.75) is 12.1 Å². The number of thioether (sulfide) groups is 1. The van der Waals surface area contributed by atoms with E-state index in [1.807, 2.05) is 59.3 Å². The van der Waals surface area contributed by atoms with Crippen molar-refractivity contribution in [1.82, 2.24) is 14.8 Å². The average Bonchev–Trinajstić information content (AvgIpc) is 3.45.